The third kappa shape index (κ3) is 8.28. The molecule has 324 valence electrons. The number of imidazole rings is 3. The zero-order valence-corrected chi connectivity index (χ0v) is 36.5. The molecule has 6 aromatic rings. The molecule has 8 rings (SSSR count). The monoisotopic (exact) mass is 860 g/mol. The molecule has 4 amide bonds. The van der Waals surface area contributed by atoms with Crippen LogP contribution in [0.5, 0.6) is 0 Å². The summed E-state index contributed by atoms with van der Waals surface area (Å²) >= 11 is 1.58. The number of alkyl carbamates (subject to hydrolysis) is 2. The smallest absolute Gasteiger partial charge is 0.407 e. The SMILES string of the molecule is COC(=O)NC(C(=O)N1CCCC1c1ncc(-c2ccc(-c3nc4sccn4c3-c3ccc(-c4cnc(C5CCCN5C(=O)C(NC(=O)OC)C(C)C)[nH]4)cc3)cc2)[nH]1)C(C)C. The van der Waals surface area contributed by atoms with Crippen LogP contribution in [0.15, 0.2) is 72.5 Å². The number of carbonyl (C=O) groups excluding carboxylic acids is 4. The lowest BCUT2D eigenvalue weighted by Gasteiger charge is -2.30. The predicted octanol–water partition coefficient (Wildman–Crippen LogP) is 7.60. The molecular weight excluding hydrogens is 809 g/mol. The summed E-state index contributed by atoms with van der Waals surface area (Å²) in [6.07, 6.45) is 7.59. The van der Waals surface area contributed by atoms with E-state index in [1.54, 1.807) is 23.7 Å². The highest BCUT2D eigenvalue weighted by atomic mass is 32.1. The highest BCUT2D eigenvalue weighted by molar-refractivity contribution is 7.15. The van der Waals surface area contributed by atoms with Gasteiger partial charge in [0.2, 0.25) is 11.8 Å². The van der Waals surface area contributed by atoms with Crippen LogP contribution < -0.4 is 10.6 Å². The largest absolute Gasteiger partial charge is 0.453 e. The summed E-state index contributed by atoms with van der Waals surface area (Å²) in [5.74, 6) is 0.892. The molecule has 0 spiro atoms. The van der Waals surface area contributed by atoms with Gasteiger partial charge in [-0.3, -0.25) is 14.0 Å². The summed E-state index contributed by atoms with van der Waals surface area (Å²) in [6, 6.07) is 14.7. The molecule has 0 radical (unpaired) electrons. The summed E-state index contributed by atoms with van der Waals surface area (Å²) in [5, 5.41) is 7.44. The first-order valence-corrected chi connectivity index (χ1v) is 21.9. The molecule has 17 heteroatoms. The number of thiazole rings is 1. The van der Waals surface area contributed by atoms with E-state index in [-0.39, 0.29) is 35.7 Å². The number of H-pyrrole nitrogens is 2. The molecule has 16 nitrogen and oxygen atoms in total. The van der Waals surface area contributed by atoms with Crippen LogP contribution in [0.25, 0.3) is 50.0 Å². The van der Waals surface area contributed by atoms with Crippen molar-refractivity contribution in [1.82, 2.24) is 49.8 Å². The maximum absolute atomic E-state index is 13.7. The predicted molar refractivity (Wildman–Crippen MR) is 235 cm³/mol. The Morgan fingerprint density at radius 3 is 1.60 bits per heavy atom. The first kappa shape index (κ1) is 42.2. The molecule has 0 aliphatic carbocycles. The van der Waals surface area contributed by atoms with Gasteiger partial charge < -0.3 is 39.9 Å². The van der Waals surface area contributed by atoms with Crippen molar-refractivity contribution in [3.63, 3.8) is 0 Å². The molecule has 2 saturated heterocycles. The Balaban J connectivity index is 0.989. The molecule has 2 aromatic carbocycles. The van der Waals surface area contributed by atoms with Crippen LogP contribution in [0.2, 0.25) is 0 Å². The van der Waals surface area contributed by atoms with Crippen molar-refractivity contribution in [2.24, 2.45) is 11.8 Å². The zero-order chi connectivity index (χ0) is 43.7. The molecule has 4 atom stereocenters. The van der Waals surface area contributed by atoms with E-state index in [2.05, 4.69) is 61.4 Å². The normalized spacial score (nSPS) is 17.5. The molecule has 4 N–H and O–H groups in total. The summed E-state index contributed by atoms with van der Waals surface area (Å²) in [4.78, 5) is 77.3. The number of hydrogen-bond donors (Lipinski definition) is 4. The summed E-state index contributed by atoms with van der Waals surface area (Å²) in [5.41, 5.74) is 7.38. The highest BCUT2D eigenvalue weighted by Gasteiger charge is 2.39. The van der Waals surface area contributed by atoms with Crippen molar-refractivity contribution in [2.75, 3.05) is 27.3 Å². The van der Waals surface area contributed by atoms with Gasteiger partial charge in [0.25, 0.3) is 0 Å². The van der Waals surface area contributed by atoms with Gasteiger partial charge in [0.05, 0.1) is 61.5 Å². The third-order valence-electron chi connectivity index (χ3n) is 11.9. The standard InChI is InChI=1S/C45H52N10O6S/c1-25(2)35(51-44(58)60-5)41(56)53-19-7-9-33(53)39-46-23-31(48-39)27-11-15-29(16-12-27)37-38(55-21-22-62-43(55)50-37)30-17-13-28(14-18-30)32-24-47-40(49-32)34-10-8-20-54(34)42(57)36(26(3)4)52-45(59)61-6/h11-18,21-26,33-36H,7-10,19-20H2,1-6H3,(H,46,48)(H,47,49)(H,51,58)(H,52,59). The van der Waals surface area contributed by atoms with Crippen LogP contribution in [0, 0.1) is 11.8 Å². The number of aromatic nitrogens is 6. The number of ether oxygens (including phenoxy) is 2. The molecule has 4 unspecified atom stereocenters. The van der Waals surface area contributed by atoms with E-state index in [4.69, 9.17) is 24.4 Å². The van der Waals surface area contributed by atoms with Crippen molar-refractivity contribution in [3.05, 3.63) is 84.2 Å². The first-order valence-electron chi connectivity index (χ1n) is 21.0. The number of methoxy groups -OCH3 is 2. The minimum absolute atomic E-state index is 0.117. The molecule has 0 bridgehead atoms. The van der Waals surface area contributed by atoms with E-state index in [1.165, 1.54) is 14.2 Å². The number of fused-ring (bicyclic) bond motifs is 1. The maximum Gasteiger partial charge on any atom is 0.407 e. The number of carbonyl (C=O) groups is 4. The van der Waals surface area contributed by atoms with Crippen LogP contribution in [0.1, 0.15) is 77.1 Å². The summed E-state index contributed by atoms with van der Waals surface area (Å²) in [7, 11) is 2.58. The molecule has 2 aliphatic rings. The van der Waals surface area contributed by atoms with Crippen molar-refractivity contribution in [3.8, 4) is 45.0 Å². The van der Waals surface area contributed by atoms with E-state index in [0.717, 1.165) is 75.7 Å². The van der Waals surface area contributed by atoms with Gasteiger partial charge in [-0.25, -0.2) is 24.5 Å². The second kappa shape index (κ2) is 17.8. The van der Waals surface area contributed by atoms with Crippen LogP contribution >= 0.6 is 11.3 Å². The van der Waals surface area contributed by atoms with Gasteiger partial charge >= 0.3 is 12.2 Å². The topological polar surface area (TPSA) is 192 Å². The fraction of sp³-hybridized carbons (Fsp3) is 0.400. The number of nitrogens with zero attached hydrogens (tertiary/aromatic N) is 6. The lowest BCUT2D eigenvalue weighted by Crippen LogP contribution is -2.51. The zero-order valence-electron chi connectivity index (χ0n) is 35.7. The average Bonchev–Trinajstić information content (AvgIpc) is 4.13. The van der Waals surface area contributed by atoms with Gasteiger partial charge in [-0.05, 0) is 48.6 Å². The van der Waals surface area contributed by atoms with Crippen molar-refractivity contribution in [1.29, 1.82) is 0 Å². The highest BCUT2D eigenvalue weighted by Crippen LogP contribution is 2.38. The van der Waals surface area contributed by atoms with Gasteiger partial charge in [-0.1, -0.05) is 76.2 Å². The molecule has 62 heavy (non-hydrogen) atoms. The van der Waals surface area contributed by atoms with Crippen LogP contribution in [0.4, 0.5) is 9.59 Å². The maximum atomic E-state index is 13.7. The molecule has 0 saturated carbocycles. The number of rotatable bonds is 12. The second-order valence-corrected chi connectivity index (χ2v) is 17.4. The molecule has 6 heterocycles. The number of likely N-dealkylation sites (tertiary alicyclic amines) is 2. The third-order valence-corrected chi connectivity index (χ3v) is 12.6. The second-order valence-electron chi connectivity index (χ2n) is 16.5. The summed E-state index contributed by atoms with van der Waals surface area (Å²) < 4.78 is 11.7. The summed E-state index contributed by atoms with van der Waals surface area (Å²) in [6.45, 7) is 8.77. The Morgan fingerprint density at radius 2 is 1.15 bits per heavy atom. The molecule has 2 aliphatic heterocycles. The molecule has 4 aromatic heterocycles. The van der Waals surface area contributed by atoms with Crippen molar-refractivity contribution >= 4 is 40.3 Å². The minimum atomic E-state index is -0.702. The Kier molecular flexibility index (Phi) is 12.2. The van der Waals surface area contributed by atoms with Crippen LogP contribution in [-0.4, -0.2) is 103 Å². The van der Waals surface area contributed by atoms with E-state index in [0.29, 0.717) is 24.7 Å². The van der Waals surface area contributed by atoms with E-state index in [9.17, 15) is 19.2 Å². The lowest BCUT2D eigenvalue weighted by molar-refractivity contribution is -0.136. The van der Waals surface area contributed by atoms with Crippen molar-refractivity contribution in [2.45, 2.75) is 77.5 Å². The van der Waals surface area contributed by atoms with Gasteiger partial charge in [0, 0.05) is 35.8 Å². The lowest BCUT2D eigenvalue weighted by atomic mass is 10.0. The van der Waals surface area contributed by atoms with Gasteiger partial charge in [-0.2, -0.15) is 0 Å². The number of benzene rings is 2. The van der Waals surface area contributed by atoms with Crippen LogP contribution in [-0.2, 0) is 19.1 Å². The number of amides is 4. The minimum Gasteiger partial charge on any atom is -0.453 e. The van der Waals surface area contributed by atoms with Crippen LogP contribution in [0.3, 0.4) is 0 Å². The van der Waals surface area contributed by atoms with Gasteiger partial charge in [0.1, 0.15) is 23.7 Å². The fourth-order valence-electron chi connectivity index (χ4n) is 8.57. The number of hydrogen-bond acceptors (Lipinski definition) is 10. The van der Waals surface area contributed by atoms with E-state index >= 15 is 0 Å². The Morgan fingerprint density at radius 1 is 0.694 bits per heavy atom. The fourth-order valence-corrected chi connectivity index (χ4v) is 9.28. The van der Waals surface area contributed by atoms with Gasteiger partial charge in [-0.15, -0.1) is 11.3 Å². The van der Waals surface area contributed by atoms with E-state index in [1.807, 2.05) is 61.2 Å². The molecular formula is C45H52N10O6S. The number of aromatic amines is 2. The quantitative estimate of drug-likeness (QED) is 0.0960. The van der Waals surface area contributed by atoms with Crippen molar-refractivity contribution < 1.29 is 28.7 Å². The molecule has 2 fully saturated rings. The Bertz CT molecular complexity index is 2560. The average molecular weight is 861 g/mol. The van der Waals surface area contributed by atoms with Gasteiger partial charge in [0.15, 0.2) is 4.96 Å². The first-order chi connectivity index (χ1) is 29.9. The Labute approximate surface area is 363 Å². The number of nitrogens with one attached hydrogen (secondary N) is 4. The van der Waals surface area contributed by atoms with E-state index < -0.39 is 24.3 Å². The Hall–Kier alpha value is -6.49.